The molecule has 22 heavy (non-hydrogen) atoms. The smallest absolute Gasteiger partial charge is 0.166 e. The molecule has 0 aromatic heterocycles. The van der Waals surface area contributed by atoms with Gasteiger partial charge in [0.1, 0.15) is 23.8 Å². The molecule has 0 bridgehead atoms. The zero-order valence-electron chi connectivity index (χ0n) is 11.3. The van der Waals surface area contributed by atoms with Gasteiger partial charge in [-0.2, -0.15) is 0 Å². The van der Waals surface area contributed by atoms with Gasteiger partial charge < -0.3 is 25.0 Å². The fourth-order valence-corrected chi connectivity index (χ4v) is 2.53. The zero-order chi connectivity index (χ0) is 15.9. The van der Waals surface area contributed by atoms with Crippen LogP contribution in [0.15, 0.2) is 36.5 Å². The molecule has 0 saturated carbocycles. The number of anilines is 1. The van der Waals surface area contributed by atoms with Gasteiger partial charge in [-0.1, -0.05) is 0 Å². The number of phenols is 3. The number of halogens is 1. The van der Waals surface area contributed by atoms with Crippen molar-refractivity contribution in [1.82, 2.24) is 0 Å². The molecule has 2 aromatic carbocycles. The van der Waals surface area contributed by atoms with Gasteiger partial charge >= 0.3 is 0 Å². The number of benzene rings is 2. The molecule has 0 radical (unpaired) electrons. The third-order valence-corrected chi connectivity index (χ3v) is 3.54. The van der Waals surface area contributed by atoms with Crippen molar-refractivity contribution in [3.05, 3.63) is 53.5 Å². The Bertz CT molecular complexity index is 788. The van der Waals surface area contributed by atoms with Crippen LogP contribution in [0.4, 0.5) is 10.1 Å². The molecule has 3 rings (SSSR count). The highest BCUT2D eigenvalue weighted by atomic mass is 19.1. The lowest BCUT2D eigenvalue weighted by Gasteiger charge is -2.32. The Morgan fingerprint density at radius 2 is 1.86 bits per heavy atom. The van der Waals surface area contributed by atoms with Gasteiger partial charge in [0.25, 0.3) is 0 Å². The summed E-state index contributed by atoms with van der Waals surface area (Å²) in [7, 11) is 0. The second kappa shape index (κ2) is 5.07. The zero-order valence-corrected chi connectivity index (χ0v) is 11.3. The topological polar surface area (TPSA) is 81.0 Å². The number of hydrogen-bond acceptors (Lipinski definition) is 5. The number of fused-ring (bicyclic) bond motifs is 1. The van der Waals surface area contributed by atoms with Gasteiger partial charge in [-0.05, 0) is 29.8 Å². The van der Waals surface area contributed by atoms with Crippen LogP contribution in [0.2, 0.25) is 0 Å². The predicted octanol–water partition coefficient (Wildman–Crippen LogP) is 2.67. The fraction of sp³-hybridized carbons (Fsp3) is 0.0625. The summed E-state index contributed by atoms with van der Waals surface area (Å²) < 4.78 is 13.5. The van der Waals surface area contributed by atoms with Gasteiger partial charge in [-0.3, -0.25) is 0 Å². The molecule has 112 valence electrons. The van der Waals surface area contributed by atoms with Gasteiger partial charge in [0.05, 0.1) is 0 Å². The quantitative estimate of drug-likeness (QED) is 0.743. The van der Waals surface area contributed by atoms with Crippen molar-refractivity contribution >= 4 is 18.0 Å². The summed E-state index contributed by atoms with van der Waals surface area (Å²) >= 11 is 0. The van der Waals surface area contributed by atoms with Crippen LogP contribution >= 0.6 is 0 Å². The minimum Gasteiger partial charge on any atom is -0.508 e. The number of nitrogens with zero attached hydrogens (tertiary/aromatic N) is 1. The van der Waals surface area contributed by atoms with Crippen LogP contribution in [0.1, 0.15) is 17.2 Å². The number of aldehydes is 1. The Hall–Kier alpha value is -3.02. The predicted molar refractivity (Wildman–Crippen MR) is 78.2 cm³/mol. The average Bonchev–Trinajstić information content (AvgIpc) is 2.48. The number of hydrogen-bond donors (Lipinski definition) is 3. The molecular weight excluding hydrogens is 289 g/mol. The SMILES string of the molecule is O=CC1c2c(O)cc(O)cc2C=CN1c1ccc(O)c(F)c1. The van der Waals surface area contributed by atoms with Crippen molar-refractivity contribution in [1.29, 1.82) is 0 Å². The van der Waals surface area contributed by atoms with Crippen molar-refractivity contribution in [2.24, 2.45) is 0 Å². The van der Waals surface area contributed by atoms with E-state index in [0.717, 1.165) is 12.1 Å². The van der Waals surface area contributed by atoms with Gasteiger partial charge in [0, 0.05) is 29.6 Å². The van der Waals surface area contributed by atoms with E-state index in [1.807, 2.05) is 0 Å². The van der Waals surface area contributed by atoms with Gasteiger partial charge in [0.15, 0.2) is 11.6 Å². The molecule has 1 atom stereocenters. The van der Waals surface area contributed by atoms with E-state index >= 15 is 0 Å². The van der Waals surface area contributed by atoms with Crippen LogP contribution in [0.3, 0.4) is 0 Å². The van der Waals surface area contributed by atoms with E-state index < -0.39 is 17.6 Å². The van der Waals surface area contributed by atoms with E-state index in [0.29, 0.717) is 23.1 Å². The van der Waals surface area contributed by atoms with Crippen LogP contribution in [0.25, 0.3) is 6.08 Å². The van der Waals surface area contributed by atoms with Gasteiger partial charge in [-0.15, -0.1) is 0 Å². The monoisotopic (exact) mass is 301 g/mol. The standard InChI is InChI=1S/C16H12FNO4/c17-12-6-10(1-2-14(12)21)18-4-3-9-5-11(20)7-15(22)16(9)13(18)8-19/h1-8,13,20-22H. The largest absolute Gasteiger partial charge is 0.508 e. The minimum absolute atomic E-state index is 0.116. The van der Waals surface area contributed by atoms with E-state index in [9.17, 15) is 24.5 Å². The first-order valence-corrected chi connectivity index (χ1v) is 6.47. The maximum Gasteiger partial charge on any atom is 0.166 e. The fourth-order valence-electron chi connectivity index (χ4n) is 2.53. The highest BCUT2D eigenvalue weighted by Crippen LogP contribution is 2.40. The molecular formula is C16H12FNO4. The van der Waals surface area contributed by atoms with Crippen LogP contribution in [-0.2, 0) is 4.79 Å². The van der Waals surface area contributed by atoms with Crippen molar-refractivity contribution in [2.75, 3.05) is 4.90 Å². The molecule has 0 aliphatic carbocycles. The second-order valence-corrected chi connectivity index (χ2v) is 4.91. The summed E-state index contributed by atoms with van der Waals surface area (Å²) in [6.07, 6.45) is 3.76. The lowest BCUT2D eigenvalue weighted by atomic mass is 9.95. The maximum absolute atomic E-state index is 13.5. The Balaban J connectivity index is 2.12. The number of carbonyl (C=O) groups excluding carboxylic acids is 1. The highest BCUT2D eigenvalue weighted by Gasteiger charge is 2.28. The molecule has 0 amide bonds. The minimum atomic E-state index is -0.871. The number of carbonyl (C=O) groups is 1. The molecule has 1 aliphatic rings. The maximum atomic E-state index is 13.5. The third kappa shape index (κ3) is 2.14. The van der Waals surface area contributed by atoms with Crippen LogP contribution in [0, 0.1) is 5.82 Å². The lowest BCUT2D eigenvalue weighted by Crippen LogP contribution is -2.27. The molecule has 2 aromatic rings. The summed E-state index contributed by atoms with van der Waals surface area (Å²) in [5.74, 6) is -1.63. The first-order valence-electron chi connectivity index (χ1n) is 6.47. The Labute approximate surface area is 125 Å². The van der Waals surface area contributed by atoms with E-state index in [2.05, 4.69) is 0 Å². The van der Waals surface area contributed by atoms with E-state index in [1.54, 1.807) is 12.3 Å². The molecule has 0 spiro atoms. The summed E-state index contributed by atoms with van der Waals surface area (Å²) in [5.41, 5.74) is 1.18. The third-order valence-electron chi connectivity index (χ3n) is 3.54. The highest BCUT2D eigenvalue weighted by molar-refractivity contribution is 5.80. The molecule has 6 heteroatoms. The van der Waals surface area contributed by atoms with Crippen LogP contribution in [-0.4, -0.2) is 21.6 Å². The molecule has 1 heterocycles. The molecule has 5 nitrogen and oxygen atoms in total. The molecule has 0 saturated heterocycles. The summed E-state index contributed by atoms with van der Waals surface area (Å²) in [5, 5.41) is 28.8. The molecule has 1 aliphatic heterocycles. The van der Waals surface area contributed by atoms with Crippen molar-refractivity contribution in [3.8, 4) is 17.2 Å². The van der Waals surface area contributed by atoms with Gasteiger partial charge in [-0.25, -0.2) is 4.39 Å². The molecule has 3 N–H and O–H groups in total. The van der Waals surface area contributed by atoms with Crippen LogP contribution < -0.4 is 4.90 Å². The first-order chi connectivity index (χ1) is 10.5. The Kier molecular flexibility index (Phi) is 3.21. The van der Waals surface area contributed by atoms with E-state index in [4.69, 9.17) is 0 Å². The number of rotatable bonds is 2. The normalized spacial score (nSPS) is 16.4. The first kappa shape index (κ1) is 13.9. The molecule has 0 fully saturated rings. The second-order valence-electron chi connectivity index (χ2n) is 4.91. The summed E-state index contributed by atoms with van der Waals surface area (Å²) in [6.45, 7) is 0. The van der Waals surface area contributed by atoms with E-state index in [-0.39, 0.29) is 11.5 Å². The summed E-state index contributed by atoms with van der Waals surface area (Å²) in [6, 6.07) is 5.44. The van der Waals surface area contributed by atoms with Crippen molar-refractivity contribution in [3.63, 3.8) is 0 Å². The number of phenolic OH excluding ortho intramolecular Hbond substituents is 3. The average molecular weight is 301 g/mol. The summed E-state index contributed by atoms with van der Waals surface area (Å²) in [4.78, 5) is 13.0. The van der Waals surface area contributed by atoms with Crippen LogP contribution in [0.5, 0.6) is 17.2 Å². The molecule has 1 unspecified atom stereocenters. The Morgan fingerprint density at radius 1 is 1.09 bits per heavy atom. The Morgan fingerprint density at radius 3 is 2.55 bits per heavy atom. The van der Waals surface area contributed by atoms with Crippen molar-refractivity contribution in [2.45, 2.75) is 6.04 Å². The number of aromatic hydroxyl groups is 3. The van der Waals surface area contributed by atoms with E-state index in [1.165, 1.54) is 23.1 Å². The van der Waals surface area contributed by atoms with Crippen molar-refractivity contribution < 1.29 is 24.5 Å². The lowest BCUT2D eigenvalue weighted by molar-refractivity contribution is -0.109. The van der Waals surface area contributed by atoms with Gasteiger partial charge in [0.2, 0.25) is 0 Å².